The highest BCUT2D eigenvalue weighted by molar-refractivity contribution is 7.92. The van der Waals surface area contributed by atoms with Crippen LogP contribution >= 0.6 is 11.6 Å². The van der Waals surface area contributed by atoms with E-state index in [9.17, 15) is 16.8 Å². The van der Waals surface area contributed by atoms with Gasteiger partial charge in [-0.05, 0) is 42.5 Å². The van der Waals surface area contributed by atoms with Crippen molar-refractivity contribution in [1.82, 2.24) is 4.31 Å². The van der Waals surface area contributed by atoms with Gasteiger partial charge in [-0.15, -0.1) is 0 Å². The standard InChI is InChI=1S/C17H19ClN2O6S2/c1-25-16-7-2-13(18)12-17(16)27(21,22)19-14-3-5-15(6-4-14)28(23,24)20-8-10-26-11-9-20/h2-7,12,19H,8-11H2,1H3. The van der Waals surface area contributed by atoms with Crippen LogP contribution in [-0.4, -0.2) is 54.6 Å². The number of methoxy groups -OCH3 is 1. The van der Waals surface area contributed by atoms with E-state index in [0.29, 0.717) is 13.2 Å². The Kier molecular flexibility index (Phi) is 6.15. The molecule has 3 rings (SSSR count). The highest BCUT2D eigenvalue weighted by Crippen LogP contribution is 2.29. The molecular formula is C17H19ClN2O6S2. The molecule has 1 aliphatic rings. The number of sulfonamides is 2. The molecule has 1 N–H and O–H groups in total. The Bertz CT molecular complexity index is 1050. The molecule has 0 amide bonds. The van der Waals surface area contributed by atoms with Gasteiger partial charge in [0.2, 0.25) is 10.0 Å². The number of hydrogen-bond acceptors (Lipinski definition) is 6. The predicted molar refractivity (Wildman–Crippen MR) is 105 cm³/mol. The molecule has 1 aliphatic heterocycles. The average molecular weight is 447 g/mol. The van der Waals surface area contributed by atoms with Crippen LogP contribution in [0.25, 0.3) is 0 Å². The fourth-order valence-corrected chi connectivity index (χ4v) is 5.60. The molecule has 0 aliphatic carbocycles. The van der Waals surface area contributed by atoms with Gasteiger partial charge in [-0.1, -0.05) is 11.6 Å². The second kappa shape index (κ2) is 8.26. The summed E-state index contributed by atoms with van der Waals surface area (Å²) in [5.74, 6) is 0.142. The lowest BCUT2D eigenvalue weighted by Gasteiger charge is -2.26. The Labute approximate surface area is 169 Å². The van der Waals surface area contributed by atoms with Gasteiger partial charge in [-0.25, -0.2) is 16.8 Å². The molecular weight excluding hydrogens is 428 g/mol. The number of rotatable bonds is 6. The van der Waals surface area contributed by atoms with Crippen LogP contribution in [0.2, 0.25) is 5.02 Å². The minimum Gasteiger partial charge on any atom is -0.495 e. The second-order valence-electron chi connectivity index (χ2n) is 5.94. The minimum atomic E-state index is -3.98. The Morgan fingerprint density at radius 3 is 2.29 bits per heavy atom. The monoisotopic (exact) mass is 446 g/mol. The molecule has 1 fully saturated rings. The lowest BCUT2D eigenvalue weighted by Crippen LogP contribution is -2.40. The molecule has 1 heterocycles. The molecule has 2 aromatic rings. The van der Waals surface area contributed by atoms with Crippen LogP contribution < -0.4 is 9.46 Å². The summed E-state index contributed by atoms with van der Waals surface area (Å²) in [6.45, 7) is 1.26. The molecule has 28 heavy (non-hydrogen) atoms. The molecule has 0 aromatic heterocycles. The quantitative estimate of drug-likeness (QED) is 0.729. The van der Waals surface area contributed by atoms with E-state index in [1.807, 2.05) is 0 Å². The number of anilines is 1. The van der Waals surface area contributed by atoms with Crippen molar-refractivity contribution in [2.75, 3.05) is 38.1 Å². The van der Waals surface area contributed by atoms with Gasteiger partial charge in [-0.3, -0.25) is 4.72 Å². The molecule has 0 saturated carbocycles. The summed E-state index contributed by atoms with van der Waals surface area (Å²) in [5, 5.41) is 0.244. The maximum Gasteiger partial charge on any atom is 0.265 e. The highest BCUT2D eigenvalue weighted by atomic mass is 35.5. The van der Waals surface area contributed by atoms with Gasteiger partial charge in [-0.2, -0.15) is 4.31 Å². The number of ether oxygens (including phenoxy) is 2. The molecule has 0 radical (unpaired) electrons. The first kappa shape index (κ1) is 20.9. The van der Waals surface area contributed by atoms with Crippen LogP contribution in [0, 0.1) is 0 Å². The van der Waals surface area contributed by atoms with Gasteiger partial charge in [0.25, 0.3) is 10.0 Å². The molecule has 0 spiro atoms. The third-order valence-corrected chi connectivity index (χ3v) is 7.68. The molecule has 8 nitrogen and oxygen atoms in total. The molecule has 0 unspecified atom stereocenters. The van der Waals surface area contributed by atoms with E-state index in [0.717, 1.165) is 0 Å². The maximum atomic E-state index is 12.7. The van der Waals surface area contributed by atoms with E-state index in [4.69, 9.17) is 21.1 Å². The fourth-order valence-electron chi connectivity index (χ4n) is 2.70. The Morgan fingerprint density at radius 2 is 1.68 bits per heavy atom. The van der Waals surface area contributed by atoms with Crippen molar-refractivity contribution in [3.63, 3.8) is 0 Å². The number of benzene rings is 2. The van der Waals surface area contributed by atoms with Crippen molar-refractivity contribution in [2.24, 2.45) is 0 Å². The SMILES string of the molecule is COc1ccc(Cl)cc1S(=O)(=O)Nc1ccc(S(=O)(=O)N2CCOCC2)cc1. The molecule has 0 atom stereocenters. The van der Waals surface area contributed by atoms with E-state index in [1.54, 1.807) is 0 Å². The normalized spacial score (nSPS) is 15.9. The van der Waals surface area contributed by atoms with Crippen molar-refractivity contribution in [3.05, 3.63) is 47.5 Å². The molecule has 1 saturated heterocycles. The van der Waals surface area contributed by atoms with Crippen LogP contribution in [-0.2, 0) is 24.8 Å². The number of nitrogens with one attached hydrogen (secondary N) is 1. The predicted octanol–water partition coefficient (Wildman–Crippen LogP) is 2.17. The van der Waals surface area contributed by atoms with Crippen LogP contribution in [0.5, 0.6) is 5.75 Å². The lowest BCUT2D eigenvalue weighted by molar-refractivity contribution is 0.0730. The second-order valence-corrected chi connectivity index (χ2v) is 9.97. The smallest absolute Gasteiger partial charge is 0.265 e. The van der Waals surface area contributed by atoms with Crippen LogP contribution in [0.4, 0.5) is 5.69 Å². The number of nitrogens with zero attached hydrogens (tertiary/aromatic N) is 1. The first-order chi connectivity index (χ1) is 13.2. The van der Waals surface area contributed by atoms with Gasteiger partial charge in [0.05, 0.1) is 25.2 Å². The topological polar surface area (TPSA) is 102 Å². The number of morpholine rings is 1. The summed E-state index contributed by atoms with van der Waals surface area (Å²) in [5.41, 5.74) is 0.211. The first-order valence-corrected chi connectivity index (χ1v) is 11.6. The van der Waals surface area contributed by atoms with E-state index in [2.05, 4.69) is 4.72 Å². The van der Waals surface area contributed by atoms with Crippen molar-refractivity contribution in [3.8, 4) is 5.75 Å². The Balaban J connectivity index is 1.83. The van der Waals surface area contributed by atoms with Crippen LogP contribution in [0.15, 0.2) is 52.3 Å². The van der Waals surface area contributed by atoms with Gasteiger partial charge in [0, 0.05) is 23.8 Å². The van der Waals surface area contributed by atoms with Crippen molar-refractivity contribution in [2.45, 2.75) is 9.79 Å². The summed E-state index contributed by atoms with van der Waals surface area (Å²) in [7, 11) is -6.28. The van der Waals surface area contributed by atoms with Crippen LogP contribution in [0.1, 0.15) is 0 Å². The van der Waals surface area contributed by atoms with Crippen molar-refractivity contribution in [1.29, 1.82) is 0 Å². The molecule has 152 valence electrons. The summed E-state index contributed by atoms with van der Waals surface area (Å²) < 4.78 is 64.6. The summed E-state index contributed by atoms with van der Waals surface area (Å²) in [6, 6.07) is 9.75. The molecule has 11 heteroatoms. The Morgan fingerprint density at radius 1 is 1.04 bits per heavy atom. The van der Waals surface area contributed by atoms with E-state index in [1.165, 1.54) is 53.9 Å². The van der Waals surface area contributed by atoms with Gasteiger partial charge < -0.3 is 9.47 Å². The zero-order valence-electron chi connectivity index (χ0n) is 15.0. The van der Waals surface area contributed by atoms with E-state index < -0.39 is 20.0 Å². The van der Waals surface area contributed by atoms with Crippen molar-refractivity contribution >= 4 is 37.3 Å². The average Bonchev–Trinajstić information content (AvgIpc) is 2.69. The summed E-state index contributed by atoms with van der Waals surface area (Å²) in [6.07, 6.45) is 0. The molecule has 0 bridgehead atoms. The van der Waals surface area contributed by atoms with E-state index >= 15 is 0 Å². The minimum absolute atomic E-state index is 0.0812. The fraction of sp³-hybridized carbons (Fsp3) is 0.294. The molecule has 2 aromatic carbocycles. The summed E-state index contributed by atoms with van der Waals surface area (Å²) in [4.78, 5) is -0.0369. The maximum absolute atomic E-state index is 12.7. The number of halogens is 1. The summed E-state index contributed by atoms with van der Waals surface area (Å²) >= 11 is 5.90. The van der Waals surface area contributed by atoms with Gasteiger partial charge >= 0.3 is 0 Å². The third kappa shape index (κ3) is 4.41. The zero-order valence-corrected chi connectivity index (χ0v) is 17.3. The Hall–Kier alpha value is -1.85. The van der Waals surface area contributed by atoms with Gasteiger partial charge in [0.15, 0.2) is 0 Å². The number of hydrogen-bond donors (Lipinski definition) is 1. The van der Waals surface area contributed by atoms with Gasteiger partial charge in [0.1, 0.15) is 10.6 Å². The third-order valence-electron chi connectivity index (χ3n) is 4.13. The zero-order chi connectivity index (χ0) is 20.4. The first-order valence-electron chi connectivity index (χ1n) is 8.28. The van der Waals surface area contributed by atoms with E-state index in [-0.39, 0.29) is 39.3 Å². The lowest BCUT2D eigenvalue weighted by atomic mass is 10.3. The largest absolute Gasteiger partial charge is 0.495 e. The van der Waals surface area contributed by atoms with Crippen LogP contribution in [0.3, 0.4) is 0 Å². The van der Waals surface area contributed by atoms with Crippen molar-refractivity contribution < 1.29 is 26.3 Å². The highest BCUT2D eigenvalue weighted by Gasteiger charge is 2.26.